The maximum absolute atomic E-state index is 13.7. The summed E-state index contributed by atoms with van der Waals surface area (Å²) < 4.78 is 13.7. The number of benzene rings is 1. The van der Waals surface area contributed by atoms with Gasteiger partial charge < -0.3 is 20.4 Å². The molecule has 2 N–H and O–H groups in total. The molecule has 1 heterocycles. The third kappa shape index (κ3) is 8.33. The van der Waals surface area contributed by atoms with Crippen LogP contribution in [-0.4, -0.2) is 68.6 Å². The highest BCUT2D eigenvalue weighted by molar-refractivity contribution is 14.0. The third-order valence-electron chi connectivity index (χ3n) is 4.24. The van der Waals surface area contributed by atoms with E-state index in [4.69, 9.17) is 0 Å². The summed E-state index contributed by atoms with van der Waals surface area (Å²) in [6, 6.07) is 6.78. The summed E-state index contributed by atoms with van der Waals surface area (Å²) in [4.78, 5) is 9.35. The first kappa shape index (κ1) is 22.1. The number of rotatable bonds is 6. The van der Waals surface area contributed by atoms with Crippen molar-refractivity contribution < 1.29 is 4.39 Å². The zero-order valence-electron chi connectivity index (χ0n) is 15.3. The maximum Gasteiger partial charge on any atom is 0.191 e. The summed E-state index contributed by atoms with van der Waals surface area (Å²) in [5.74, 6) is 0.540. The SMILES string of the molecule is CCNC(=NCc1ccccc1F)NCCN1CCCN(C)CC1.I. The minimum Gasteiger partial charge on any atom is -0.357 e. The molecule has 5 nitrogen and oxygen atoms in total. The van der Waals surface area contributed by atoms with Gasteiger partial charge in [0.1, 0.15) is 5.82 Å². The van der Waals surface area contributed by atoms with Crippen molar-refractivity contribution in [3.63, 3.8) is 0 Å². The Balaban J connectivity index is 0.00000312. The second kappa shape index (κ2) is 12.4. The number of hydrogen-bond acceptors (Lipinski definition) is 3. The van der Waals surface area contributed by atoms with Crippen molar-refractivity contribution in [1.82, 2.24) is 20.4 Å². The van der Waals surface area contributed by atoms with Crippen molar-refractivity contribution in [2.45, 2.75) is 19.9 Å². The van der Waals surface area contributed by atoms with E-state index < -0.39 is 0 Å². The van der Waals surface area contributed by atoms with E-state index in [2.05, 4.69) is 32.5 Å². The van der Waals surface area contributed by atoms with Crippen LogP contribution in [0.25, 0.3) is 0 Å². The standard InChI is InChI=1S/C18H30FN5.HI/c1-3-20-18(22-15-16-7-4-5-8-17(16)19)21-9-12-24-11-6-10-23(2)13-14-24;/h4-5,7-8H,3,6,9-15H2,1-2H3,(H2,20,21,22);1H. The molecule has 1 aromatic carbocycles. The molecule has 0 atom stereocenters. The number of nitrogens with zero attached hydrogens (tertiary/aromatic N) is 3. The molecule has 1 aliphatic rings. The number of hydrogen-bond donors (Lipinski definition) is 2. The second-order valence-electron chi connectivity index (χ2n) is 6.21. The number of likely N-dealkylation sites (N-methyl/N-ethyl adjacent to an activating group) is 1. The van der Waals surface area contributed by atoms with Gasteiger partial charge in [0.2, 0.25) is 0 Å². The molecule has 0 bridgehead atoms. The Labute approximate surface area is 168 Å². The van der Waals surface area contributed by atoms with Crippen LogP contribution in [0.5, 0.6) is 0 Å². The predicted molar refractivity (Wildman–Crippen MR) is 113 cm³/mol. The van der Waals surface area contributed by atoms with Gasteiger partial charge in [-0.05, 0) is 39.5 Å². The molecule has 2 rings (SSSR count). The van der Waals surface area contributed by atoms with E-state index >= 15 is 0 Å². The first-order chi connectivity index (χ1) is 11.7. The smallest absolute Gasteiger partial charge is 0.191 e. The Kier molecular flexibility index (Phi) is 11.0. The van der Waals surface area contributed by atoms with Gasteiger partial charge in [0.05, 0.1) is 6.54 Å². The van der Waals surface area contributed by atoms with E-state index in [1.165, 1.54) is 19.0 Å². The van der Waals surface area contributed by atoms with Gasteiger partial charge in [-0.15, -0.1) is 24.0 Å². The lowest BCUT2D eigenvalue weighted by Crippen LogP contribution is -2.42. The van der Waals surface area contributed by atoms with Crippen LogP contribution in [0, 0.1) is 5.82 Å². The second-order valence-corrected chi connectivity index (χ2v) is 6.21. The molecule has 1 saturated heterocycles. The van der Waals surface area contributed by atoms with Gasteiger partial charge >= 0.3 is 0 Å². The van der Waals surface area contributed by atoms with Gasteiger partial charge in [-0.1, -0.05) is 18.2 Å². The van der Waals surface area contributed by atoms with Gasteiger partial charge in [0, 0.05) is 38.3 Å². The molecule has 0 spiro atoms. The molecule has 0 unspecified atom stereocenters. The van der Waals surface area contributed by atoms with Crippen molar-refractivity contribution in [2.75, 3.05) is 52.9 Å². The number of guanidine groups is 1. The number of nitrogens with one attached hydrogen (secondary N) is 2. The van der Waals surface area contributed by atoms with E-state index in [1.807, 2.05) is 13.0 Å². The van der Waals surface area contributed by atoms with Crippen LogP contribution in [0.2, 0.25) is 0 Å². The molecule has 142 valence electrons. The Hall–Kier alpha value is -0.930. The highest BCUT2D eigenvalue weighted by Gasteiger charge is 2.11. The van der Waals surface area contributed by atoms with E-state index in [1.54, 1.807) is 12.1 Å². The highest BCUT2D eigenvalue weighted by Crippen LogP contribution is 2.07. The fourth-order valence-electron chi connectivity index (χ4n) is 2.79. The minimum absolute atomic E-state index is 0. The quantitative estimate of drug-likeness (QED) is 0.386. The summed E-state index contributed by atoms with van der Waals surface area (Å²) in [7, 11) is 2.18. The number of halogens is 2. The summed E-state index contributed by atoms with van der Waals surface area (Å²) in [6.45, 7) is 9.57. The van der Waals surface area contributed by atoms with Crippen LogP contribution in [0.1, 0.15) is 18.9 Å². The molecule has 1 fully saturated rings. The Morgan fingerprint density at radius 1 is 1.16 bits per heavy atom. The zero-order valence-corrected chi connectivity index (χ0v) is 17.6. The molecule has 1 aromatic rings. The Bertz CT molecular complexity index is 526. The topological polar surface area (TPSA) is 42.9 Å². The average Bonchev–Trinajstić information content (AvgIpc) is 2.78. The van der Waals surface area contributed by atoms with E-state index in [9.17, 15) is 4.39 Å². The van der Waals surface area contributed by atoms with Crippen LogP contribution >= 0.6 is 24.0 Å². The fraction of sp³-hybridized carbons (Fsp3) is 0.611. The van der Waals surface area contributed by atoms with Gasteiger partial charge in [-0.2, -0.15) is 0 Å². The van der Waals surface area contributed by atoms with Crippen LogP contribution < -0.4 is 10.6 Å². The molecule has 1 aliphatic heterocycles. The largest absolute Gasteiger partial charge is 0.357 e. The average molecular weight is 463 g/mol. The van der Waals surface area contributed by atoms with Crippen molar-refractivity contribution in [3.05, 3.63) is 35.6 Å². The van der Waals surface area contributed by atoms with Crippen molar-refractivity contribution in [3.8, 4) is 0 Å². The molecule has 7 heteroatoms. The maximum atomic E-state index is 13.7. The first-order valence-electron chi connectivity index (χ1n) is 8.85. The van der Waals surface area contributed by atoms with Crippen molar-refractivity contribution in [1.29, 1.82) is 0 Å². The molecular formula is C18H31FIN5. The Morgan fingerprint density at radius 2 is 1.96 bits per heavy atom. The summed E-state index contributed by atoms with van der Waals surface area (Å²) in [5, 5.41) is 6.57. The molecule has 0 aromatic heterocycles. The fourth-order valence-corrected chi connectivity index (χ4v) is 2.79. The van der Waals surface area contributed by atoms with E-state index in [0.29, 0.717) is 12.1 Å². The molecule has 0 aliphatic carbocycles. The van der Waals surface area contributed by atoms with Crippen LogP contribution in [0.4, 0.5) is 4.39 Å². The van der Waals surface area contributed by atoms with Crippen LogP contribution in [0.15, 0.2) is 29.3 Å². The van der Waals surface area contributed by atoms with Crippen molar-refractivity contribution >= 4 is 29.9 Å². The zero-order chi connectivity index (χ0) is 17.2. The van der Waals surface area contributed by atoms with Gasteiger partial charge in [0.15, 0.2) is 5.96 Å². The molecule has 0 radical (unpaired) electrons. The minimum atomic E-state index is -0.203. The molecule has 0 amide bonds. The molecule has 25 heavy (non-hydrogen) atoms. The number of aliphatic imine (C=N–C) groups is 1. The van der Waals surface area contributed by atoms with Crippen LogP contribution in [0.3, 0.4) is 0 Å². The highest BCUT2D eigenvalue weighted by atomic mass is 127. The lowest BCUT2D eigenvalue weighted by atomic mass is 10.2. The summed E-state index contributed by atoms with van der Waals surface area (Å²) >= 11 is 0. The van der Waals surface area contributed by atoms with E-state index in [-0.39, 0.29) is 29.8 Å². The lowest BCUT2D eigenvalue weighted by molar-refractivity contribution is 0.280. The van der Waals surface area contributed by atoms with Gasteiger partial charge in [-0.25, -0.2) is 9.38 Å². The predicted octanol–water partition coefficient (Wildman–Crippen LogP) is 2.14. The first-order valence-corrected chi connectivity index (χ1v) is 8.85. The van der Waals surface area contributed by atoms with Crippen molar-refractivity contribution in [2.24, 2.45) is 4.99 Å². The summed E-state index contributed by atoms with van der Waals surface area (Å²) in [6.07, 6.45) is 1.22. The monoisotopic (exact) mass is 463 g/mol. The normalized spacial score (nSPS) is 16.8. The summed E-state index contributed by atoms with van der Waals surface area (Å²) in [5.41, 5.74) is 0.616. The molecule has 0 saturated carbocycles. The van der Waals surface area contributed by atoms with Crippen LogP contribution in [-0.2, 0) is 6.54 Å². The molecular weight excluding hydrogens is 432 g/mol. The lowest BCUT2D eigenvalue weighted by Gasteiger charge is -2.21. The third-order valence-corrected chi connectivity index (χ3v) is 4.24. The van der Waals surface area contributed by atoms with E-state index in [0.717, 1.165) is 45.2 Å². The van der Waals surface area contributed by atoms with Gasteiger partial charge in [-0.3, -0.25) is 0 Å². The Morgan fingerprint density at radius 3 is 2.72 bits per heavy atom. The van der Waals surface area contributed by atoms with Gasteiger partial charge in [0.25, 0.3) is 0 Å².